The highest BCUT2D eigenvalue weighted by Gasteiger charge is 2.37. The Morgan fingerprint density at radius 3 is 1.90 bits per heavy atom. The summed E-state index contributed by atoms with van der Waals surface area (Å²) in [6.45, 7) is 0. The minimum Gasteiger partial charge on any atom is -0.393 e. The van der Waals surface area contributed by atoms with Crippen molar-refractivity contribution in [2.75, 3.05) is 0 Å². The minimum atomic E-state index is -1.26. The first-order chi connectivity index (χ1) is 4.49. The zero-order valence-corrected chi connectivity index (χ0v) is 6.41. The Labute approximate surface area is 67.2 Å². The number of ether oxygens (including phenoxy) is 1. The summed E-state index contributed by atoms with van der Waals surface area (Å²) in [5.74, 6) is -1.33. The van der Waals surface area contributed by atoms with Gasteiger partial charge in [-0.15, -0.1) is 23.2 Å². The van der Waals surface area contributed by atoms with Crippen LogP contribution in [0.1, 0.15) is 12.8 Å². The van der Waals surface area contributed by atoms with E-state index in [0.29, 0.717) is 0 Å². The second-order valence-corrected chi connectivity index (χ2v) is 3.70. The first kappa shape index (κ1) is 7.82. The van der Waals surface area contributed by atoms with E-state index in [4.69, 9.17) is 23.2 Å². The van der Waals surface area contributed by atoms with Crippen molar-refractivity contribution < 1.29 is 14.3 Å². The highest BCUT2D eigenvalue weighted by molar-refractivity contribution is 6.50. The van der Waals surface area contributed by atoms with Gasteiger partial charge in [0.25, 0.3) is 0 Å². The molecule has 0 saturated carbocycles. The third-order valence-electron chi connectivity index (χ3n) is 1.03. The molecule has 0 radical (unpaired) electrons. The van der Waals surface area contributed by atoms with Crippen molar-refractivity contribution in [3.63, 3.8) is 0 Å². The zero-order chi connectivity index (χ0) is 7.78. The summed E-state index contributed by atoms with van der Waals surface area (Å²) in [5.41, 5.74) is 0. The molecule has 0 aromatic rings. The summed E-state index contributed by atoms with van der Waals surface area (Å²) in [6, 6.07) is 0. The van der Waals surface area contributed by atoms with E-state index >= 15 is 0 Å². The van der Waals surface area contributed by atoms with Gasteiger partial charge in [-0.05, 0) is 0 Å². The van der Waals surface area contributed by atoms with Crippen LogP contribution in [0, 0.1) is 0 Å². The van der Waals surface area contributed by atoms with Gasteiger partial charge in [0, 0.05) is 0 Å². The summed E-state index contributed by atoms with van der Waals surface area (Å²) in [5, 5.41) is 0. The van der Waals surface area contributed by atoms with E-state index < -0.39 is 16.3 Å². The molecule has 1 rings (SSSR count). The molecule has 10 heavy (non-hydrogen) atoms. The number of rotatable bonds is 0. The second-order valence-electron chi connectivity index (χ2n) is 2.06. The van der Waals surface area contributed by atoms with Gasteiger partial charge in [-0.1, -0.05) is 0 Å². The van der Waals surface area contributed by atoms with E-state index in [1.807, 2.05) is 0 Å². The number of alkyl halides is 2. The summed E-state index contributed by atoms with van der Waals surface area (Å²) < 4.78 is 2.92. The van der Waals surface area contributed by atoms with Gasteiger partial charge in [-0.3, -0.25) is 9.59 Å². The predicted octanol–water partition coefficient (Wildman–Crippen LogP) is 1.02. The van der Waals surface area contributed by atoms with Crippen LogP contribution in [0.15, 0.2) is 0 Å². The van der Waals surface area contributed by atoms with Gasteiger partial charge in [0.1, 0.15) is 4.33 Å². The normalized spacial score (nSPS) is 24.2. The Bertz CT molecular complexity index is 169. The van der Waals surface area contributed by atoms with Crippen LogP contribution >= 0.6 is 23.2 Å². The third-order valence-corrected chi connectivity index (χ3v) is 1.57. The summed E-state index contributed by atoms with van der Waals surface area (Å²) >= 11 is 11.0. The fourth-order valence-electron chi connectivity index (χ4n) is 0.684. The maximum absolute atomic E-state index is 10.5. The molecular weight excluding hydrogens is 179 g/mol. The van der Waals surface area contributed by atoms with Crippen LogP contribution in [0.3, 0.4) is 0 Å². The molecule has 1 aliphatic heterocycles. The van der Waals surface area contributed by atoms with Crippen LogP contribution in [-0.4, -0.2) is 16.3 Å². The third kappa shape index (κ3) is 1.85. The number of esters is 2. The second kappa shape index (κ2) is 2.40. The molecule has 0 spiro atoms. The molecule has 1 aliphatic rings. The molecule has 0 aromatic carbocycles. The maximum atomic E-state index is 10.5. The van der Waals surface area contributed by atoms with Gasteiger partial charge in [0.05, 0.1) is 12.8 Å². The molecule has 0 amide bonds. The average molecular weight is 183 g/mol. The largest absolute Gasteiger partial charge is 0.393 e. The van der Waals surface area contributed by atoms with E-state index in [0.717, 1.165) is 0 Å². The van der Waals surface area contributed by atoms with Crippen molar-refractivity contribution >= 4 is 35.1 Å². The Morgan fingerprint density at radius 2 is 1.60 bits per heavy atom. The van der Waals surface area contributed by atoms with Gasteiger partial charge in [0.15, 0.2) is 0 Å². The fraction of sp³-hybridized carbons (Fsp3) is 0.600. The monoisotopic (exact) mass is 182 g/mol. The molecule has 1 heterocycles. The van der Waals surface area contributed by atoms with Crippen LogP contribution in [0.5, 0.6) is 0 Å². The molecule has 0 bridgehead atoms. The molecular formula is C5H4Cl2O3. The molecule has 56 valence electrons. The highest BCUT2D eigenvalue weighted by Crippen LogP contribution is 2.33. The van der Waals surface area contributed by atoms with Crippen LogP contribution in [0.2, 0.25) is 0 Å². The van der Waals surface area contributed by atoms with E-state index in [1.54, 1.807) is 0 Å². The van der Waals surface area contributed by atoms with Crippen LogP contribution in [0.25, 0.3) is 0 Å². The summed E-state index contributed by atoms with van der Waals surface area (Å²) in [4.78, 5) is 21.0. The predicted molar refractivity (Wildman–Crippen MR) is 34.8 cm³/mol. The lowest BCUT2D eigenvalue weighted by molar-refractivity contribution is -0.163. The molecule has 1 fully saturated rings. The van der Waals surface area contributed by atoms with Gasteiger partial charge < -0.3 is 4.74 Å². The van der Waals surface area contributed by atoms with Gasteiger partial charge in [-0.2, -0.15) is 0 Å². The lowest BCUT2D eigenvalue weighted by Crippen LogP contribution is -2.32. The molecule has 0 aliphatic carbocycles. The minimum absolute atomic E-state index is 0.123. The maximum Gasteiger partial charge on any atom is 0.316 e. The smallest absolute Gasteiger partial charge is 0.316 e. The topological polar surface area (TPSA) is 43.4 Å². The molecule has 1 saturated heterocycles. The summed E-state index contributed by atoms with van der Waals surface area (Å²) in [7, 11) is 0. The Hall–Kier alpha value is -0.280. The first-order valence-corrected chi connectivity index (χ1v) is 3.36. The fourth-order valence-corrected chi connectivity index (χ4v) is 1.12. The van der Waals surface area contributed by atoms with Crippen molar-refractivity contribution in [3.05, 3.63) is 0 Å². The van der Waals surface area contributed by atoms with Crippen molar-refractivity contribution in [2.24, 2.45) is 0 Å². The quantitative estimate of drug-likeness (QED) is 0.320. The van der Waals surface area contributed by atoms with Gasteiger partial charge in [0.2, 0.25) is 0 Å². The SMILES string of the molecule is O=C1CC(Cl)(Cl)CC(=O)O1. The van der Waals surface area contributed by atoms with E-state index in [9.17, 15) is 9.59 Å². The van der Waals surface area contributed by atoms with Gasteiger partial charge >= 0.3 is 11.9 Å². The molecule has 0 aromatic heterocycles. The number of hydrogen-bond acceptors (Lipinski definition) is 3. The first-order valence-electron chi connectivity index (χ1n) is 2.61. The number of cyclic esters (lactones) is 2. The summed E-state index contributed by atoms with van der Waals surface area (Å²) in [6.07, 6.45) is -0.246. The zero-order valence-electron chi connectivity index (χ0n) is 4.89. The average Bonchev–Trinajstić information content (AvgIpc) is 1.54. The lowest BCUT2D eigenvalue weighted by Gasteiger charge is -2.21. The van der Waals surface area contributed by atoms with Crippen molar-refractivity contribution in [3.8, 4) is 0 Å². The lowest BCUT2D eigenvalue weighted by atomic mass is 10.2. The Morgan fingerprint density at radius 1 is 1.20 bits per heavy atom. The molecule has 0 atom stereocenters. The highest BCUT2D eigenvalue weighted by atomic mass is 35.5. The van der Waals surface area contributed by atoms with E-state index in [1.165, 1.54) is 0 Å². The number of carbonyl (C=O) groups excluding carboxylic acids is 2. The Balaban J connectivity index is 2.68. The standard InChI is InChI=1S/C5H4Cl2O3/c6-5(7)1-3(8)10-4(9)2-5/h1-2H2. The van der Waals surface area contributed by atoms with E-state index in [2.05, 4.69) is 4.74 Å². The number of carbonyl (C=O) groups is 2. The van der Waals surface area contributed by atoms with Crippen LogP contribution in [-0.2, 0) is 14.3 Å². The van der Waals surface area contributed by atoms with E-state index in [-0.39, 0.29) is 12.8 Å². The van der Waals surface area contributed by atoms with Crippen LogP contribution in [0.4, 0.5) is 0 Å². The molecule has 0 N–H and O–H groups in total. The molecule has 5 heteroatoms. The Kier molecular flexibility index (Phi) is 1.88. The molecule has 0 unspecified atom stereocenters. The van der Waals surface area contributed by atoms with Gasteiger partial charge in [-0.25, -0.2) is 0 Å². The number of halogens is 2. The van der Waals surface area contributed by atoms with Crippen molar-refractivity contribution in [1.82, 2.24) is 0 Å². The van der Waals surface area contributed by atoms with Crippen molar-refractivity contribution in [1.29, 1.82) is 0 Å². The van der Waals surface area contributed by atoms with Crippen molar-refractivity contribution in [2.45, 2.75) is 17.2 Å². The van der Waals surface area contributed by atoms with Crippen LogP contribution < -0.4 is 0 Å². The molecule has 3 nitrogen and oxygen atoms in total. The number of hydrogen-bond donors (Lipinski definition) is 0.